The summed E-state index contributed by atoms with van der Waals surface area (Å²) in [5.41, 5.74) is -2.41. The minimum absolute atomic E-state index is 0.0177. The van der Waals surface area contributed by atoms with Crippen molar-refractivity contribution in [3.8, 4) is 0 Å². The van der Waals surface area contributed by atoms with Gasteiger partial charge in [-0.2, -0.15) is 0 Å². The summed E-state index contributed by atoms with van der Waals surface area (Å²) < 4.78 is 35.3. The molecule has 0 aromatic carbocycles. The van der Waals surface area contributed by atoms with Crippen molar-refractivity contribution < 1.29 is 99.6 Å². The summed E-state index contributed by atoms with van der Waals surface area (Å²) in [4.78, 5) is 14.7. The molecule has 3 heterocycles. The normalized spacial score (nSPS) is 54.6. The van der Waals surface area contributed by atoms with Gasteiger partial charge in [-0.1, -0.05) is 53.2 Å². The highest BCUT2D eigenvalue weighted by molar-refractivity contribution is 5.79. The second kappa shape index (κ2) is 18.8. The molecule has 0 bridgehead atoms. The lowest BCUT2D eigenvalue weighted by Crippen LogP contribution is -2.70. The van der Waals surface area contributed by atoms with Crippen LogP contribution in [0.25, 0.3) is 0 Å². The van der Waals surface area contributed by atoms with Crippen molar-refractivity contribution in [1.82, 2.24) is 0 Å². The van der Waals surface area contributed by atoms with Gasteiger partial charge in [-0.15, -0.1) is 0 Å². The monoisotopic (exact) mass is 975 g/mol. The Morgan fingerprint density at radius 2 is 1.16 bits per heavy atom. The van der Waals surface area contributed by atoms with Crippen LogP contribution < -0.4 is 0 Å². The van der Waals surface area contributed by atoms with E-state index in [1.165, 1.54) is 5.57 Å². The predicted octanol–water partition coefficient (Wildman–Crippen LogP) is -1.92. The highest BCUT2D eigenvalue weighted by atomic mass is 16.7. The molecule has 0 aromatic heterocycles. The Labute approximate surface area is 396 Å². The molecule has 390 valence electrons. The zero-order chi connectivity index (χ0) is 49.8. The van der Waals surface area contributed by atoms with Gasteiger partial charge in [0.2, 0.25) is 6.29 Å². The predicted molar refractivity (Wildman–Crippen MR) is 233 cm³/mol. The van der Waals surface area contributed by atoms with E-state index >= 15 is 0 Å². The van der Waals surface area contributed by atoms with Gasteiger partial charge in [-0.25, -0.2) is 0 Å². The van der Waals surface area contributed by atoms with Crippen LogP contribution in [-0.2, 0) is 33.2 Å². The molecule has 25 atom stereocenters. The number of rotatable bonds is 10. The first-order valence-electron chi connectivity index (χ1n) is 24.6. The number of allylic oxidation sites excluding steroid dienone is 2. The molecule has 3 aliphatic heterocycles. The molecule has 4 saturated carbocycles. The smallest absolute Gasteiger partial charge is 0.315 e. The number of aliphatic hydroxyl groups excluding tert-OH is 13. The van der Waals surface area contributed by atoms with Crippen LogP contribution in [0.2, 0.25) is 0 Å². The van der Waals surface area contributed by atoms with Gasteiger partial charge in [0.25, 0.3) is 0 Å². The Kier molecular flexibility index (Phi) is 14.6. The number of hydrogen-bond donors (Lipinski definition) is 13. The van der Waals surface area contributed by atoms with Crippen LogP contribution in [0, 0.1) is 50.2 Å². The molecule has 0 aromatic rings. The maximum atomic E-state index is 14.7. The third-order valence-electron chi connectivity index (χ3n) is 19.4. The van der Waals surface area contributed by atoms with Gasteiger partial charge in [0.05, 0.1) is 44.1 Å². The zero-order valence-corrected chi connectivity index (χ0v) is 40.0. The van der Waals surface area contributed by atoms with Crippen molar-refractivity contribution in [3.63, 3.8) is 0 Å². The molecule has 3 saturated heterocycles. The Morgan fingerprint density at radius 3 is 1.75 bits per heavy atom. The first-order chi connectivity index (χ1) is 31.8. The fourth-order valence-corrected chi connectivity index (χ4v) is 15.2. The van der Waals surface area contributed by atoms with E-state index in [1.54, 1.807) is 0 Å². The summed E-state index contributed by atoms with van der Waals surface area (Å²) in [6, 6.07) is 0. The summed E-state index contributed by atoms with van der Waals surface area (Å²) in [7, 11) is 0. The zero-order valence-electron chi connectivity index (χ0n) is 40.0. The Morgan fingerprint density at radius 1 is 0.618 bits per heavy atom. The third-order valence-corrected chi connectivity index (χ3v) is 19.4. The summed E-state index contributed by atoms with van der Waals surface area (Å²) in [6.07, 6.45) is -19.4. The minimum atomic E-state index is -1.87. The van der Waals surface area contributed by atoms with E-state index in [4.69, 9.17) is 28.4 Å². The van der Waals surface area contributed by atoms with Crippen LogP contribution in [0.5, 0.6) is 0 Å². The van der Waals surface area contributed by atoms with Crippen LogP contribution in [0.3, 0.4) is 0 Å². The number of hydrogen-bond acceptors (Lipinski definition) is 20. The standard InChI is InChI=1S/C48H78O20/c1-43(2)11-13-48(42(62)68-40-35(60)33(58)30(55)25(18-50)64-40)14-12-46(5)21(22(48)15-43)7-8-28-44(3)16-23(53)38(45(4,20-52)27(44)9-10-47(28,46)6)67-41-36(61)37(31(56)26(19-51)65-41)66-39-34(59)32(57)29(54)24(17-49)63-39/h7,22-41,49-61H,8-20H2,1-6H3/t22-,23-,24+,25+,26+,27+,28+,29+,30+,31-,32-,33-,34+,35+,36+,37-,38-,39-,40-,41-,44-,45-,46+,47+,48-/m0/s1. The molecular formula is C48H78O20. The SMILES string of the molecule is CC1(C)CC[C@]2(C(=O)O[C@@H]3O[C@H](CO)[C@@H](O)[C@H](O)[C@H]3O)CC[C@]3(C)C(=CC[C@@H]4[C@@]5(C)C[C@H](O)[C@H](O[C@@H]6O[C@H](CO)[C@H](O)[C@H](O[C@@H]7O[C@H](CO)[C@@H](O)[C@H](O)[C@H]7O)[C@H]6O)[C@@](C)(CO)[C@@H]5CC[C@]43C)[C@@H]2C1. The first kappa shape index (κ1) is 52.8. The molecule has 13 N–H and O–H groups in total. The molecule has 0 radical (unpaired) electrons. The maximum absolute atomic E-state index is 14.7. The lowest BCUT2D eigenvalue weighted by atomic mass is 9.33. The van der Waals surface area contributed by atoms with E-state index in [0.29, 0.717) is 38.5 Å². The van der Waals surface area contributed by atoms with E-state index in [1.807, 2.05) is 6.92 Å². The molecule has 7 fully saturated rings. The van der Waals surface area contributed by atoms with Gasteiger partial charge in [0, 0.05) is 5.41 Å². The van der Waals surface area contributed by atoms with Gasteiger partial charge in [-0.05, 0) is 97.2 Å². The van der Waals surface area contributed by atoms with E-state index in [2.05, 4.69) is 40.7 Å². The van der Waals surface area contributed by atoms with Gasteiger partial charge in [0.1, 0.15) is 73.2 Å². The molecule has 8 rings (SSSR count). The second-order valence-corrected chi connectivity index (χ2v) is 23.5. The molecule has 20 nitrogen and oxygen atoms in total. The molecular weight excluding hydrogens is 897 g/mol. The lowest BCUT2D eigenvalue weighted by Gasteiger charge is -2.72. The highest BCUT2D eigenvalue weighted by Gasteiger charge is 2.71. The minimum Gasteiger partial charge on any atom is -0.432 e. The van der Waals surface area contributed by atoms with Crippen molar-refractivity contribution in [2.75, 3.05) is 26.4 Å². The Hall–Kier alpha value is -1.51. The third kappa shape index (κ3) is 8.07. The number of ether oxygens (including phenoxy) is 6. The van der Waals surface area contributed by atoms with Crippen molar-refractivity contribution in [2.24, 2.45) is 50.2 Å². The second-order valence-electron chi connectivity index (χ2n) is 23.5. The molecule has 8 aliphatic rings. The van der Waals surface area contributed by atoms with Crippen LogP contribution in [0.15, 0.2) is 11.6 Å². The average Bonchev–Trinajstić information content (AvgIpc) is 3.29. The van der Waals surface area contributed by atoms with Crippen molar-refractivity contribution in [2.45, 2.75) is 204 Å². The average molecular weight is 975 g/mol. The highest BCUT2D eigenvalue weighted by Crippen LogP contribution is 2.76. The van der Waals surface area contributed by atoms with E-state index in [-0.39, 0.29) is 35.0 Å². The van der Waals surface area contributed by atoms with Crippen LogP contribution in [-0.4, -0.2) is 203 Å². The van der Waals surface area contributed by atoms with Crippen LogP contribution in [0.4, 0.5) is 0 Å². The quantitative estimate of drug-likeness (QED) is 0.0645. The van der Waals surface area contributed by atoms with Gasteiger partial charge in [-0.3, -0.25) is 4.79 Å². The Bertz CT molecular complexity index is 1850. The number of aliphatic hydroxyl groups is 13. The van der Waals surface area contributed by atoms with Gasteiger partial charge < -0.3 is 94.8 Å². The van der Waals surface area contributed by atoms with E-state index in [0.717, 1.165) is 12.8 Å². The Balaban J connectivity index is 1.05. The fourth-order valence-electron chi connectivity index (χ4n) is 15.2. The molecule has 5 aliphatic carbocycles. The van der Waals surface area contributed by atoms with Crippen molar-refractivity contribution >= 4 is 5.97 Å². The molecule has 0 unspecified atom stereocenters. The molecule has 68 heavy (non-hydrogen) atoms. The van der Waals surface area contributed by atoms with Crippen molar-refractivity contribution in [3.05, 3.63) is 11.6 Å². The number of carbonyl (C=O) groups excluding carboxylic acids is 1. The fraction of sp³-hybridized carbons (Fsp3) is 0.938. The molecule has 0 amide bonds. The largest absolute Gasteiger partial charge is 0.432 e. The summed E-state index contributed by atoms with van der Waals surface area (Å²) >= 11 is 0. The number of fused-ring (bicyclic) bond motifs is 7. The maximum Gasteiger partial charge on any atom is 0.315 e. The van der Waals surface area contributed by atoms with Gasteiger partial charge >= 0.3 is 5.97 Å². The summed E-state index contributed by atoms with van der Waals surface area (Å²) in [5, 5.41) is 140. The topological polar surface area (TPSA) is 335 Å². The van der Waals surface area contributed by atoms with E-state index in [9.17, 15) is 71.2 Å². The number of carbonyl (C=O) groups is 1. The van der Waals surface area contributed by atoms with Crippen LogP contribution >= 0.6 is 0 Å². The van der Waals surface area contributed by atoms with Gasteiger partial charge in [0.15, 0.2) is 12.6 Å². The van der Waals surface area contributed by atoms with Crippen molar-refractivity contribution in [1.29, 1.82) is 0 Å². The molecule has 20 heteroatoms. The lowest BCUT2D eigenvalue weighted by molar-refractivity contribution is -0.375. The number of esters is 1. The first-order valence-corrected chi connectivity index (χ1v) is 24.6. The molecule has 0 spiro atoms. The van der Waals surface area contributed by atoms with Crippen LogP contribution in [0.1, 0.15) is 99.3 Å². The summed E-state index contributed by atoms with van der Waals surface area (Å²) in [6.45, 7) is 10.4. The van der Waals surface area contributed by atoms with E-state index < -0.39 is 158 Å². The summed E-state index contributed by atoms with van der Waals surface area (Å²) in [5.74, 6) is -1.04.